The number of rotatable bonds is 2. The summed E-state index contributed by atoms with van der Waals surface area (Å²) in [6, 6.07) is 1.51. The van der Waals surface area contributed by atoms with Crippen LogP contribution in [0.2, 0.25) is 0 Å². The van der Waals surface area contributed by atoms with Gasteiger partial charge in [-0.3, -0.25) is 10.1 Å². The second-order valence-electron chi connectivity index (χ2n) is 3.17. The highest BCUT2D eigenvalue weighted by molar-refractivity contribution is 5.60. The van der Waals surface area contributed by atoms with E-state index in [4.69, 9.17) is 5.73 Å². The Bertz CT molecular complexity index is 429. The predicted molar refractivity (Wildman–Crippen MR) is 51.9 cm³/mol. The lowest BCUT2D eigenvalue weighted by atomic mass is 10.0. The number of aryl methyl sites for hydroxylation is 1. The van der Waals surface area contributed by atoms with Crippen molar-refractivity contribution in [3.8, 4) is 0 Å². The van der Waals surface area contributed by atoms with Crippen molar-refractivity contribution in [2.75, 3.05) is 5.73 Å². The first-order valence-corrected chi connectivity index (χ1v) is 4.41. The van der Waals surface area contributed by atoms with Gasteiger partial charge in [-0.2, -0.15) is 13.2 Å². The number of alkyl halides is 3. The second-order valence-corrected chi connectivity index (χ2v) is 3.17. The van der Waals surface area contributed by atoms with Gasteiger partial charge in [-0.15, -0.1) is 0 Å². The number of nitrogens with two attached hydrogens (primary N) is 1. The number of hydrogen-bond donors (Lipinski definition) is 1. The highest BCUT2D eigenvalue weighted by atomic mass is 19.4. The summed E-state index contributed by atoms with van der Waals surface area (Å²) in [5.74, 6) is 0. The minimum atomic E-state index is -4.68. The first kappa shape index (κ1) is 12.3. The number of halogens is 3. The van der Waals surface area contributed by atoms with Gasteiger partial charge in [0.1, 0.15) is 0 Å². The van der Waals surface area contributed by atoms with E-state index in [1.807, 2.05) is 0 Å². The molecule has 0 aliphatic rings. The summed E-state index contributed by atoms with van der Waals surface area (Å²) >= 11 is 0. The maximum absolute atomic E-state index is 12.5. The molecule has 0 aliphatic heterocycles. The van der Waals surface area contributed by atoms with Crippen LogP contribution in [0, 0.1) is 10.1 Å². The topological polar surface area (TPSA) is 69.2 Å². The monoisotopic (exact) mass is 234 g/mol. The summed E-state index contributed by atoms with van der Waals surface area (Å²) < 4.78 is 37.5. The molecule has 4 nitrogen and oxygen atoms in total. The normalized spacial score (nSPS) is 11.5. The minimum Gasteiger partial charge on any atom is -0.398 e. The molecule has 0 aliphatic carbocycles. The van der Waals surface area contributed by atoms with Crippen molar-refractivity contribution in [2.45, 2.75) is 19.5 Å². The Balaban J connectivity index is 3.48. The number of nitrogen functional groups attached to an aromatic ring is 1. The SMILES string of the molecule is CCc1cc([N+](=O)[O-])cc(C(F)(F)F)c1N. The molecule has 0 heterocycles. The van der Waals surface area contributed by atoms with Crippen LogP contribution in [0.5, 0.6) is 0 Å². The largest absolute Gasteiger partial charge is 0.418 e. The summed E-state index contributed by atoms with van der Waals surface area (Å²) in [7, 11) is 0. The van der Waals surface area contributed by atoms with E-state index >= 15 is 0 Å². The summed E-state index contributed by atoms with van der Waals surface area (Å²) in [6.45, 7) is 1.58. The zero-order valence-electron chi connectivity index (χ0n) is 8.34. The van der Waals surface area contributed by atoms with Gasteiger partial charge in [0.05, 0.1) is 10.5 Å². The van der Waals surface area contributed by atoms with Crippen LogP contribution in [0.3, 0.4) is 0 Å². The molecular formula is C9H9F3N2O2. The number of nitro groups is 1. The van der Waals surface area contributed by atoms with Crippen LogP contribution in [-0.4, -0.2) is 4.92 Å². The fourth-order valence-electron chi connectivity index (χ4n) is 1.33. The smallest absolute Gasteiger partial charge is 0.398 e. The van der Waals surface area contributed by atoms with Crippen molar-refractivity contribution in [3.63, 3.8) is 0 Å². The zero-order chi connectivity index (χ0) is 12.5. The summed E-state index contributed by atoms with van der Waals surface area (Å²) in [5, 5.41) is 10.5. The van der Waals surface area contributed by atoms with Crippen molar-refractivity contribution in [3.05, 3.63) is 33.4 Å². The van der Waals surface area contributed by atoms with E-state index in [0.717, 1.165) is 6.07 Å². The lowest BCUT2D eigenvalue weighted by Gasteiger charge is -2.12. The third-order valence-electron chi connectivity index (χ3n) is 2.15. The molecular weight excluding hydrogens is 225 g/mol. The maximum Gasteiger partial charge on any atom is 0.418 e. The van der Waals surface area contributed by atoms with Gasteiger partial charge >= 0.3 is 6.18 Å². The molecule has 0 saturated carbocycles. The molecule has 1 aromatic rings. The first-order valence-electron chi connectivity index (χ1n) is 4.41. The van der Waals surface area contributed by atoms with Crippen LogP contribution in [0.1, 0.15) is 18.1 Å². The first-order chi connectivity index (χ1) is 7.27. The average Bonchev–Trinajstić information content (AvgIpc) is 2.15. The highest BCUT2D eigenvalue weighted by Gasteiger charge is 2.35. The van der Waals surface area contributed by atoms with E-state index in [0.29, 0.717) is 6.07 Å². The molecule has 0 fully saturated rings. The van der Waals surface area contributed by atoms with Crippen LogP contribution in [0.25, 0.3) is 0 Å². The average molecular weight is 234 g/mol. The van der Waals surface area contributed by atoms with Crippen LogP contribution in [-0.2, 0) is 12.6 Å². The summed E-state index contributed by atoms with van der Waals surface area (Å²) in [4.78, 5) is 9.59. The van der Waals surface area contributed by atoms with Gasteiger partial charge in [-0.05, 0) is 12.0 Å². The quantitative estimate of drug-likeness (QED) is 0.486. The lowest BCUT2D eigenvalue weighted by Crippen LogP contribution is -2.11. The van der Waals surface area contributed by atoms with Gasteiger partial charge in [-0.25, -0.2) is 0 Å². The Hall–Kier alpha value is -1.79. The molecule has 0 aromatic heterocycles. The third-order valence-corrected chi connectivity index (χ3v) is 2.15. The Labute approximate surface area is 89.0 Å². The van der Waals surface area contributed by atoms with Crippen LogP contribution >= 0.6 is 0 Å². The molecule has 1 aromatic carbocycles. The molecule has 1 rings (SSSR count). The molecule has 88 valence electrons. The Morgan fingerprint density at radius 2 is 2.00 bits per heavy atom. The molecule has 16 heavy (non-hydrogen) atoms. The van der Waals surface area contributed by atoms with Crippen LogP contribution in [0.15, 0.2) is 12.1 Å². The van der Waals surface area contributed by atoms with Crippen LogP contribution in [0.4, 0.5) is 24.5 Å². The molecule has 0 unspecified atom stereocenters. The second kappa shape index (κ2) is 3.99. The van der Waals surface area contributed by atoms with E-state index in [1.54, 1.807) is 6.92 Å². The fourth-order valence-corrected chi connectivity index (χ4v) is 1.33. The molecule has 0 bridgehead atoms. The molecule has 0 amide bonds. The Morgan fingerprint density at radius 1 is 1.44 bits per heavy atom. The summed E-state index contributed by atoms with van der Waals surface area (Å²) in [6.07, 6.45) is -4.48. The van der Waals surface area contributed by atoms with Gasteiger partial charge < -0.3 is 5.73 Å². The number of nitrogens with zero attached hydrogens (tertiary/aromatic N) is 1. The number of hydrogen-bond acceptors (Lipinski definition) is 3. The zero-order valence-corrected chi connectivity index (χ0v) is 8.34. The van der Waals surface area contributed by atoms with E-state index < -0.39 is 28.0 Å². The number of non-ortho nitro benzene ring substituents is 1. The molecule has 2 N–H and O–H groups in total. The lowest BCUT2D eigenvalue weighted by molar-refractivity contribution is -0.385. The number of nitro benzene ring substituents is 1. The third kappa shape index (κ3) is 2.23. The van der Waals surface area contributed by atoms with Crippen molar-refractivity contribution in [1.29, 1.82) is 0 Å². The highest BCUT2D eigenvalue weighted by Crippen LogP contribution is 2.37. The fraction of sp³-hybridized carbons (Fsp3) is 0.333. The van der Waals surface area contributed by atoms with Crippen molar-refractivity contribution < 1.29 is 18.1 Å². The molecule has 0 atom stereocenters. The van der Waals surface area contributed by atoms with E-state index in [1.165, 1.54) is 0 Å². The van der Waals surface area contributed by atoms with Gasteiger partial charge in [-0.1, -0.05) is 6.92 Å². The molecule has 7 heteroatoms. The van der Waals surface area contributed by atoms with E-state index in [9.17, 15) is 23.3 Å². The number of benzene rings is 1. The van der Waals surface area contributed by atoms with Crippen molar-refractivity contribution in [1.82, 2.24) is 0 Å². The van der Waals surface area contributed by atoms with Gasteiger partial charge in [0.2, 0.25) is 0 Å². The van der Waals surface area contributed by atoms with Gasteiger partial charge in [0.25, 0.3) is 5.69 Å². The minimum absolute atomic E-state index is 0.126. The van der Waals surface area contributed by atoms with E-state index in [-0.39, 0.29) is 12.0 Å². The van der Waals surface area contributed by atoms with Gasteiger partial charge in [0, 0.05) is 17.8 Å². The standard InChI is InChI=1S/C9H9F3N2O2/c1-2-5-3-6(14(15)16)4-7(8(5)13)9(10,11)12/h3-4H,2,13H2,1H3. The van der Waals surface area contributed by atoms with Crippen LogP contribution < -0.4 is 5.73 Å². The Kier molecular flexibility index (Phi) is 3.06. The van der Waals surface area contributed by atoms with Crippen molar-refractivity contribution >= 4 is 11.4 Å². The number of anilines is 1. The van der Waals surface area contributed by atoms with Gasteiger partial charge in [0.15, 0.2) is 0 Å². The molecule has 0 spiro atoms. The molecule has 0 radical (unpaired) electrons. The molecule has 0 saturated heterocycles. The summed E-state index contributed by atoms with van der Waals surface area (Å²) in [5.41, 5.74) is 3.24. The van der Waals surface area contributed by atoms with E-state index in [2.05, 4.69) is 0 Å². The Morgan fingerprint density at radius 3 is 2.38 bits per heavy atom. The predicted octanol–water partition coefficient (Wildman–Crippen LogP) is 2.76. The maximum atomic E-state index is 12.5. The van der Waals surface area contributed by atoms with Crippen molar-refractivity contribution in [2.24, 2.45) is 0 Å².